The third-order valence-electron chi connectivity index (χ3n) is 3.93. The number of hydrogen-bond donors (Lipinski definition) is 1. The number of hydrogen-bond acceptors (Lipinski definition) is 5. The summed E-state index contributed by atoms with van der Waals surface area (Å²) in [7, 11) is 0. The number of halogens is 1. The van der Waals surface area contributed by atoms with E-state index in [4.69, 9.17) is 11.6 Å². The third kappa shape index (κ3) is 3.25. The molecule has 112 valence electrons. The van der Waals surface area contributed by atoms with E-state index in [0.717, 1.165) is 41.4 Å². The van der Waals surface area contributed by atoms with Crippen molar-refractivity contribution in [1.82, 2.24) is 14.7 Å². The van der Waals surface area contributed by atoms with E-state index < -0.39 is 0 Å². The van der Waals surface area contributed by atoms with Crippen molar-refractivity contribution in [2.75, 3.05) is 30.8 Å². The quantitative estimate of drug-likeness (QED) is 0.874. The van der Waals surface area contributed by atoms with Gasteiger partial charge in [0.2, 0.25) is 0 Å². The van der Waals surface area contributed by atoms with Crippen LogP contribution >= 0.6 is 23.5 Å². The highest BCUT2D eigenvalue weighted by Crippen LogP contribution is 2.32. The summed E-state index contributed by atoms with van der Waals surface area (Å²) in [4.78, 5) is 11.2. The van der Waals surface area contributed by atoms with Crippen LogP contribution in [0.15, 0.2) is 24.5 Å². The molecular formula is C15H19ClN4S. The number of nitrogens with zero attached hydrogens (tertiary/aromatic N) is 3. The molecule has 0 bridgehead atoms. The van der Waals surface area contributed by atoms with Crippen LogP contribution in [0.5, 0.6) is 0 Å². The van der Waals surface area contributed by atoms with Crippen molar-refractivity contribution < 1.29 is 0 Å². The zero-order valence-electron chi connectivity index (χ0n) is 12.1. The summed E-state index contributed by atoms with van der Waals surface area (Å²) in [5.41, 5.74) is 0.914. The summed E-state index contributed by atoms with van der Waals surface area (Å²) in [5, 5.41) is 1.70. The summed E-state index contributed by atoms with van der Waals surface area (Å²) < 4.78 is 3.37. The van der Waals surface area contributed by atoms with Crippen molar-refractivity contribution >= 4 is 40.3 Å². The molecule has 2 heterocycles. The molecule has 0 aliphatic carbocycles. The monoisotopic (exact) mass is 322 g/mol. The van der Waals surface area contributed by atoms with E-state index in [2.05, 4.69) is 25.8 Å². The Labute approximate surface area is 134 Å². The Kier molecular flexibility index (Phi) is 4.83. The van der Waals surface area contributed by atoms with Crippen molar-refractivity contribution in [2.24, 2.45) is 5.92 Å². The molecule has 0 spiro atoms. The fourth-order valence-corrected chi connectivity index (χ4v) is 3.57. The molecule has 1 aromatic carbocycles. The van der Waals surface area contributed by atoms with Crippen LogP contribution in [0.1, 0.15) is 12.8 Å². The largest absolute Gasteiger partial charge is 0.356 e. The number of anilines is 1. The Bertz CT molecular complexity index is 616. The van der Waals surface area contributed by atoms with E-state index in [1.165, 1.54) is 12.8 Å². The maximum Gasteiger partial charge on any atom is 0.141 e. The van der Waals surface area contributed by atoms with Crippen molar-refractivity contribution in [2.45, 2.75) is 12.8 Å². The summed E-state index contributed by atoms with van der Waals surface area (Å²) in [6.45, 7) is 3.09. The molecule has 1 saturated heterocycles. The molecule has 21 heavy (non-hydrogen) atoms. The van der Waals surface area contributed by atoms with Gasteiger partial charge in [0.05, 0.1) is 15.9 Å². The predicted molar refractivity (Wildman–Crippen MR) is 91.0 cm³/mol. The maximum absolute atomic E-state index is 6.38. The number of nitrogens with one attached hydrogen (secondary N) is 1. The fraction of sp³-hybridized carbons (Fsp3) is 0.467. The minimum Gasteiger partial charge on any atom is -0.356 e. The first kappa shape index (κ1) is 14.9. The summed E-state index contributed by atoms with van der Waals surface area (Å²) in [5.74, 6) is 1.62. The molecule has 0 amide bonds. The van der Waals surface area contributed by atoms with Crippen molar-refractivity contribution in [3.63, 3.8) is 0 Å². The summed E-state index contributed by atoms with van der Waals surface area (Å²) in [6, 6.07) is 5.83. The normalized spacial score (nSPS) is 19.1. The molecular weight excluding hydrogens is 304 g/mol. The number of aromatic nitrogens is 2. The first-order chi connectivity index (χ1) is 10.3. The van der Waals surface area contributed by atoms with Gasteiger partial charge in [-0.1, -0.05) is 29.6 Å². The molecule has 1 unspecified atom stereocenters. The highest BCUT2D eigenvalue weighted by atomic mass is 35.5. The Morgan fingerprint density at radius 3 is 3.19 bits per heavy atom. The van der Waals surface area contributed by atoms with Gasteiger partial charge < -0.3 is 4.90 Å². The van der Waals surface area contributed by atoms with Crippen LogP contribution in [-0.2, 0) is 0 Å². The summed E-state index contributed by atoms with van der Waals surface area (Å²) >= 11 is 8.06. The Morgan fingerprint density at radius 2 is 2.33 bits per heavy atom. The lowest BCUT2D eigenvalue weighted by atomic mass is 9.98. The van der Waals surface area contributed by atoms with Crippen LogP contribution in [-0.4, -0.2) is 35.9 Å². The van der Waals surface area contributed by atoms with Crippen LogP contribution in [0, 0.1) is 5.92 Å². The van der Waals surface area contributed by atoms with Crippen LogP contribution < -0.4 is 9.62 Å². The molecule has 1 aliphatic rings. The predicted octanol–water partition coefficient (Wildman–Crippen LogP) is 3.37. The van der Waals surface area contributed by atoms with Crippen LogP contribution in [0.4, 0.5) is 5.82 Å². The minimum atomic E-state index is 0.652. The molecule has 1 atom stereocenters. The molecule has 4 nitrogen and oxygen atoms in total. The van der Waals surface area contributed by atoms with E-state index >= 15 is 0 Å². The Balaban J connectivity index is 1.89. The standard InChI is InChI=1S/C15H19ClN4S/c1-21-19-8-11-4-3-7-20(9-11)15-14-12(16)5-2-6-13(14)17-10-18-15/h2,5-6,10-11,19H,3-4,7-9H2,1H3. The molecule has 6 heteroatoms. The SMILES string of the molecule is CSNCC1CCCN(c2ncnc3cccc(Cl)c23)C1. The number of piperidine rings is 1. The third-order valence-corrected chi connectivity index (χ3v) is 4.70. The van der Waals surface area contributed by atoms with Gasteiger partial charge in [-0.2, -0.15) is 0 Å². The fourth-order valence-electron chi connectivity index (χ4n) is 2.92. The van der Waals surface area contributed by atoms with Crippen LogP contribution in [0.3, 0.4) is 0 Å². The zero-order chi connectivity index (χ0) is 14.7. The average Bonchev–Trinajstić information content (AvgIpc) is 2.53. The molecule has 1 N–H and O–H groups in total. The second-order valence-electron chi connectivity index (χ2n) is 5.34. The average molecular weight is 323 g/mol. The second-order valence-corrected chi connectivity index (χ2v) is 6.44. The topological polar surface area (TPSA) is 41.0 Å². The van der Waals surface area contributed by atoms with Gasteiger partial charge in [0.1, 0.15) is 12.1 Å². The molecule has 3 rings (SSSR count). The van der Waals surface area contributed by atoms with E-state index in [-0.39, 0.29) is 0 Å². The van der Waals surface area contributed by atoms with Gasteiger partial charge in [-0.15, -0.1) is 0 Å². The van der Waals surface area contributed by atoms with Crippen molar-refractivity contribution in [3.8, 4) is 0 Å². The molecule has 1 aromatic heterocycles. The van der Waals surface area contributed by atoms with Crippen LogP contribution in [0.25, 0.3) is 10.9 Å². The Hall–Kier alpha value is -1.04. The summed E-state index contributed by atoms with van der Waals surface area (Å²) in [6.07, 6.45) is 6.16. The van der Waals surface area contributed by atoms with Gasteiger partial charge in [0.15, 0.2) is 0 Å². The highest BCUT2D eigenvalue weighted by Gasteiger charge is 2.22. The maximum atomic E-state index is 6.38. The second kappa shape index (κ2) is 6.81. The molecule has 0 radical (unpaired) electrons. The molecule has 2 aromatic rings. The van der Waals surface area contributed by atoms with E-state index in [9.17, 15) is 0 Å². The lowest BCUT2D eigenvalue weighted by molar-refractivity contribution is 0.415. The zero-order valence-corrected chi connectivity index (χ0v) is 13.6. The first-order valence-corrected chi connectivity index (χ1v) is 8.80. The van der Waals surface area contributed by atoms with E-state index in [1.807, 2.05) is 18.2 Å². The lowest BCUT2D eigenvalue weighted by Gasteiger charge is -2.34. The van der Waals surface area contributed by atoms with Gasteiger partial charge in [0, 0.05) is 19.6 Å². The van der Waals surface area contributed by atoms with Gasteiger partial charge in [-0.25, -0.2) is 9.97 Å². The van der Waals surface area contributed by atoms with Gasteiger partial charge >= 0.3 is 0 Å². The number of rotatable bonds is 4. The Morgan fingerprint density at radius 1 is 1.43 bits per heavy atom. The first-order valence-electron chi connectivity index (χ1n) is 7.19. The van der Waals surface area contributed by atoms with Crippen molar-refractivity contribution in [3.05, 3.63) is 29.5 Å². The molecule has 1 fully saturated rings. The number of benzene rings is 1. The van der Waals surface area contributed by atoms with Crippen LogP contribution in [0.2, 0.25) is 5.02 Å². The van der Waals surface area contributed by atoms with E-state index in [0.29, 0.717) is 5.92 Å². The van der Waals surface area contributed by atoms with E-state index in [1.54, 1.807) is 18.3 Å². The lowest BCUT2D eigenvalue weighted by Crippen LogP contribution is -2.39. The minimum absolute atomic E-state index is 0.652. The molecule has 1 aliphatic heterocycles. The van der Waals surface area contributed by atoms with Gasteiger partial charge in [-0.05, 0) is 37.1 Å². The molecule has 0 saturated carbocycles. The van der Waals surface area contributed by atoms with Gasteiger partial charge in [-0.3, -0.25) is 4.72 Å². The van der Waals surface area contributed by atoms with Gasteiger partial charge in [0.25, 0.3) is 0 Å². The van der Waals surface area contributed by atoms with Crippen molar-refractivity contribution in [1.29, 1.82) is 0 Å². The smallest absolute Gasteiger partial charge is 0.141 e. The number of fused-ring (bicyclic) bond motifs is 1. The highest BCUT2D eigenvalue weighted by molar-refractivity contribution is 7.96.